The highest BCUT2D eigenvalue weighted by Crippen LogP contribution is 2.41. The van der Waals surface area contributed by atoms with Gasteiger partial charge in [-0.25, -0.2) is 9.98 Å². The van der Waals surface area contributed by atoms with Crippen LogP contribution in [-0.4, -0.2) is 46.1 Å². The lowest BCUT2D eigenvalue weighted by Crippen LogP contribution is -2.36. The minimum absolute atomic E-state index is 0.252. The second-order valence-electron chi connectivity index (χ2n) is 8.70. The molecule has 1 atom stereocenters. The molecule has 0 bridgehead atoms. The molecule has 0 radical (unpaired) electrons. The van der Waals surface area contributed by atoms with E-state index in [-0.39, 0.29) is 6.10 Å². The highest BCUT2D eigenvalue weighted by molar-refractivity contribution is 6.35. The van der Waals surface area contributed by atoms with Gasteiger partial charge in [0.25, 0.3) is 0 Å². The number of allylic oxidation sites excluding steroid dienone is 1. The molecule has 166 valence electrons. The van der Waals surface area contributed by atoms with Crippen molar-refractivity contribution < 1.29 is 5.11 Å². The van der Waals surface area contributed by atoms with Crippen LogP contribution in [0.5, 0.6) is 0 Å². The third-order valence-corrected chi connectivity index (χ3v) is 6.59. The van der Waals surface area contributed by atoms with E-state index in [0.717, 1.165) is 35.7 Å². The largest absolute Gasteiger partial charge is 0.391 e. The number of aliphatic imine (C=N–C) groups is 1. The molecular formula is C25H30N6O. The van der Waals surface area contributed by atoms with Crippen LogP contribution in [0.3, 0.4) is 0 Å². The Morgan fingerprint density at radius 2 is 2.06 bits per heavy atom. The monoisotopic (exact) mass is 430 g/mol. The molecule has 2 aromatic rings. The van der Waals surface area contributed by atoms with Gasteiger partial charge >= 0.3 is 0 Å². The molecule has 5 rings (SSSR count). The van der Waals surface area contributed by atoms with Crippen LogP contribution >= 0.6 is 0 Å². The van der Waals surface area contributed by atoms with E-state index >= 15 is 0 Å². The maximum Gasteiger partial charge on any atom is 0.143 e. The number of amidine groups is 1. The highest BCUT2D eigenvalue weighted by Gasteiger charge is 2.36. The average Bonchev–Trinajstić information content (AvgIpc) is 3.53. The summed E-state index contributed by atoms with van der Waals surface area (Å²) in [6.45, 7) is 7.73. The molecule has 32 heavy (non-hydrogen) atoms. The average molecular weight is 431 g/mol. The van der Waals surface area contributed by atoms with Gasteiger partial charge in [-0.3, -0.25) is 4.98 Å². The zero-order chi connectivity index (χ0) is 22.1. The third-order valence-electron chi connectivity index (χ3n) is 6.59. The van der Waals surface area contributed by atoms with Gasteiger partial charge in [0.15, 0.2) is 0 Å². The second kappa shape index (κ2) is 8.74. The number of hydrogen-bond acceptors (Lipinski definition) is 6. The van der Waals surface area contributed by atoms with E-state index in [1.54, 1.807) is 0 Å². The Bertz CT molecular complexity index is 1050. The standard InChI is InChI=1S/C25H30N6O/c1-3-21-22-10-12-26-15-23(22)31(18-6-4-5-7-18)25(21)29-17(2)28-24-9-8-19(14-27-24)30-13-11-20(32)16-30/h3,8-10,12,14-15,18,20,32H,2,4-7,11,13,16H2,1H3,(H,27,28)/b21-3-,29-25+. The summed E-state index contributed by atoms with van der Waals surface area (Å²) in [5.74, 6) is 2.19. The summed E-state index contributed by atoms with van der Waals surface area (Å²) in [4.78, 5) is 18.4. The summed E-state index contributed by atoms with van der Waals surface area (Å²) in [6.07, 6.45) is 13.1. The van der Waals surface area contributed by atoms with Crippen molar-refractivity contribution in [1.29, 1.82) is 0 Å². The first-order chi connectivity index (χ1) is 15.6. The topological polar surface area (TPSA) is 76.9 Å². The molecule has 2 fully saturated rings. The van der Waals surface area contributed by atoms with Crippen LogP contribution in [0.1, 0.15) is 44.6 Å². The molecule has 2 aliphatic heterocycles. The van der Waals surface area contributed by atoms with Crippen molar-refractivity contribution in [3.05, 3.63) is 60.8 Å². The van der Waals surface area contributed by atoms with Crippen molar-refractivity contribution in [3.63, 3.8) is 0 Å². The first-order valence-electron chi connectivity index (χ1n) is 11.5. The van der Waals surface area contributed by atoms with Crippen LogP contribution in [0.25, 0.3) is 5.57 Å². The Morgan fingerprint density at radius 1 is 1.22 bits per heavy atom. The molecule has 7 nitrogen and oxygen atoms in total. The zero-order valence-corrected chi connectivity index (χ0v) is 18.5. The Labute approximate surface area is 189 Å². The van der Waals surface area contributed by atoms with E-state index in [1.807, 2.05) is 30.7 Å². The molecule has 4 heterocycles. The zero-order valence-electron chi connectivity index (χ0n) is 18.5. The minimum Gasteiger partial charge on any atom is -0.391 e. The molecule has 1 aliphatic carbocycles. The molecule has 1 saturated carbocycles. The lowest BCUT2D eigenvalue weighted by Gasteiger charge is -2.27. The molecule has 0 spiro atoms. The van der Waals surface area contributed by atoms with Crippen LogP contribution in [0.15, 0.2) is 60.3 Å². The van der Waals surface area contributed by atoms with Crippen LogP contribution in [0.4, 0.5) is 17.2 Å². The quantitative estimate of drug-likeness (QED) is 0.741. The van der Waals surface area contributed by atoms with Crippen molar-refractivity contribution in [2.45, 2.75) is 51.2 Å². The number of β-amino-alcohol motifs (C(OH)–C–C–N with tert-alkyl or cyclic N) is 1. The van der Waals surface area contributed by atoms with Gasteiger partial charge in [-0.15, -0.1) is 0 Å². The fourth-order valence-corrected chi connectivity index (χ4v) is 5.03. The summed E-state index contributed by atoms with van der Waals surface area (Å²) < 4.78 is 0. The van der Waals surface area contributed by atoms with Crippen molar-refractivity contribution in [3.8, 4) is 0 Å². The number of aromatic nitrogens is 2. The van der Waals surface area contributed by atoms with E-state index in [0.29, 0.717) is 24.2 Å². The number of anilines is 3. The summed E-state index contributed by atoms with van der Waals surface area (Å²) in [5, 5.41) is 13.0. The molecule has 7 heteroatoms. The smallest absolute Gasteiger partial charge is 0.143 e. The van der Waals surface area contributed by atoms with Crippen LogP contribution < -0.4 is 15.1 Å². The van der Waals surface area contributed by atoms with Gasteiger partial charge < -0.3 is 20.2 Å². The molecule has 2 N–H and O–H groups in total. The van der Waals surface area contributed by atoms with E-state index in [2.05, 4.69) is 50.7 Å². The van der Waals surface area contributed by atoms with Gasteiger partial charge in [0, 0.05) is 36.5 Å². The summed E-state index contributed by atoms with van der Waals surface area (Å²) >= 11 is 0. The Hall–Kier alpha value is -3.19. The predicted molar refractivity (Wildman–Crippen MR) is 130 cm³/mol. The lowest BCUT2D eigenvalue weighted by molar-refractivity contribution is 0.198. The first-order valence-corrected chi connectivity index (χ1v) is 11.5. The number of nitrogens with one attached hydrogen (secondary N) is 1. The normalized spacial score (nSPS) is 23.4. The van der Waals surface area contributed by atoms with Crippen LogP contribution in [0.2, 0.25) is 0 Å². The van der Waals surface area contributed by atoms with Crippen molar-refractivity contribution in [1.82, 2.24) is 9.97 Å². The van der Waals surface area contributed by atoms with Crippen molar-refractivity contribution >= 4 is 28.6 Å². The second-order valence-corrected chi connectivity index (χ2v) is 8.70. The van der Waals surface area contributed by atoms with Gasteiger partial charge in [0.2, 0.25) is 0 Å². The fraction of sp³-hybridized carbons (Fsp3) is 0.400. The summed E-state index contributed by atoms with van der Waals surface area (Å²) in [6, 6.07) is 6.47. The molecule has 0 aromatic carbocycles. The van der Waals surface area contributed by atoms with Crippen LogP contribution in [0, 0.1) is 0 Å². The van der Waals surface area contributed by atoms with Gasteiger partial charge in [-0.1, -0.05) is 25.5 Å². The summed E-state index contributed by atoms with van der Waals surface area (Å²) in [5.41, 5.74) is 4.45. The number of aliphatic hydroxyl groups excluding tert-OH is 1. The number of aliphatic hydroxyl groups is 1. The lowest BCUT2D eigenvalue weighted by atomic mass is 10.1. The molecule has 2 aromatic heterocycles. The van der Waals surface area contributed by atoms with Gasteiger partial charge in [-0.2, -0.15) is 0 Å². The SMILES string of the molecule is C=C(/N=C1\C(=C/C)c2ccncc2N1C1CCCC1)Nc1ccc(N2CCC(O)C2)cn1. The molecule has 0 amide bonds. The fourth-order valence-electron chi connectivity index (χ4n) is 5.03. The minimum atomic E-state index is -0.252. The van der Waals surface area contributed by atoms with Gasteiger partial charge in [0.05, 0.1) is 29.9 Å². The number of nitrogens with zero attached hydrogens (tertiary/aromatic N) is 5. The maximum absolute atomic E-state index is 9.76. The Morgan fingerprint density at radius 3 is 2.75 bits per heavy atom. The van der Waals surface area contributed by atoms with E-state index in [1.165, 1.54) is 31.2 Å². The van der Waals surface area contributed by atoms with E-state index in [9.17, 15) is 5.11 Å². The molecule has 1 saturated heterocycles. The number of pyridine rings is 2. The van der Waals surface area contributed by atoms with Gasteiger partial charge in [-0.05, 0) is 44.4 Å². The Kier molecular flexibility index (Phi) is 5.66. The molecule has 1 unspecified atom stereocenters. The van der Waals surface area contributed by atoms with Crippen molar-refractivity contribution in [2.24, 2.45) is 4.99 Å². The van der Waals surface area contributed by atoms with Gasteiger partial charge in [0.1, 0.15) is 17.5 Å². The molecular weight excluding hydrogens is 400 g/mol. The molecule has 3 aliphatic rings. The van der Waals surface area contributed by atoms with E-state index in [4.69, 9.17) is 4.99 Å². The maximum atomic E-state index is 9.76. The Balaban J connectivity index is 1.37. The highest BCUT2D eigenvalue weighted by atomic mass is 16.3. The first kappa shape index (κ1) is 20.7. The number of rotatable bonds is 5. The van der Waals surface area contributed by atoms with Crippen LogP contribution in [-0.2, 0) is 0 Å². The van der Waals surface area contributed by atoms with Crippen molar-refractivity contribution in [2.75, 3.05) is 28.2 Å². The third kappa shape index (κ3) is 3.88. The summed E-state index contributed by atoms with van der Waals surface area (Å²) in [7, 11) is 0. The number of hydrogen-bond donors (Lipinski definition) is 2. The predicted octanol–water partition coefficient (Wildman–Crippen LogP) is 4.20. The van der Waals surface area contributed by atoms with E-state index < -0.39 is 0 Å². The number of fused-ring (bicyclic) bond motifs is 1.